The first-order valence-corrected chi connectivity index (χ1v) is 4.47. The second-order valence-electron chi connectivity index (χ2n) is 2.24. The Bertz CT molecular complexity index is 339. The van der Waals surface area contributed by atoms with Crippen LogP contribution in [-0.4, -0.2) is 5.96 Å². The molecule has 70 valence electrons. The van der Waals surface area contributed by atoms with Gasteiger partial charge in [0.25, 0.3) is 0 Å². The molecule has 0 aliphatic heterocycles. The summed E-state index contributed by atoms with van der Waals surface area (Å²) in [4.78, 5) is 3.90. The van der Waals surface area contributed by atoms with Crippen LogP contribution in [0.5, 0.6) is 0 Å². The summed E-state index contributed by atoms with van der Waals surface area (Å²) in [6, 6.07) is 4.20. The highest BCUT2D eigenvalue weighted by Gasteiger charge is 1.99. The SMILES string of the molecule is NNC(N)=Nc1ccc(F)cc1I. The number of guanidine groups is 1. The van der Waals surface area contributed by atoms with Crippen molar-refractivity contribution < 1.29 is 4.39 Å². The fraction of sp³-hybridized carbons (Fsp3) is 0. The van der Waals surface area contributed by atoms with Crippen LogP contribution in [0.1, 0.15) is 0 Å². The van der Waals surface area contributed by atoms with Gasteiger partial charge in [0.2, 0.25) is 5.96 Å². The lowest BCUT2D eigenvalue weighted by molar-refractivity contribution is 0.627. The van der Waals surface area contributed by atoms with Gasteiger partial charge in [-0.1, -0.05) is 0 Å². The molecule has 0 heterocycles. The van der Waals surface area contributed by atoms with Crippen molar-refractivity contribution in [1.82, 2.24) is 5.43 Å². The Kier molecular flexibility index (Phi) is 3.43. The smallest absolute Gasteiger partial charge is 0.208 e. The Morgan fingerprint density at radius 2 is 2.23 bits per heavy atom. The predicted octanol–water partition coefficient (Wildman–Crippen LogP) is 0.840. The first-order chi connectivity index (χ1) is 6.13. The number of benzene rings is 1. The quantitative estimate of drug-likeness (QED) is 0.236. The first kappa shape index (κ1) is 10.2. The van der Waals surface area contributed by atoms with E-state index in [1.54, 1.807) is 0 Å². The summed E-state index contributed by atoms with van der Waals surface area (Å²) in [7, 11) is 0. The van der Waals surface area contributed by atoms with Crippen molar-refractivity contribution in [2.24, 2.45) is 16.6 Å². The van der Waals surface area contributed by atoms with Crippen LogP contribution in [0.2, 0.25) is 0 Å². The van der Waals surface area contributed by atoms with Crippen molar-refractivity contribution in [3.8, 4) is 0 Å². The highest BCUT2D eigenvalue weighted by Crippen LogP contribution is 2.21. The monoisotopic (exact) mass is 294 g/mol. The molecule has 0 amide bonds. The molecule has 0 unspecified atom stereocenters. The van der Waals surface area contributed by atoms with Gasteiger partial charge in [-0.3, -0.25) is 5.43 Å². The summed E-state index contributed by atoms with van der Waals surface area (Å²) in [6.07, 6.45) is 0. The number of halogens is 2. The topological polar surface area (TPSA) is 76.4 Å². The Labute approximate surface area is 88.3 Å². The van der Waals surface area contributed by atoms with Gasteiger partial charge in [-0.05, 0) is 40.8 Å². The molecule has 1 aromatic rings. The predicted molar refractivity (Wildman–Crippen MR) is 57.7 cm³/mol. The number of aliphatic imine (C=N–C) groups is 1. The molecule has 0 aliphatic rings. The van der Waals surface area contributed by atoms with Gasteiger partial charge in [-0.15, -0.1) is 0 Å². The van der Waals surface area contributed by atoms with E-state index >= 15 is 0 Å². The van der Waals surface area contributed by atoms with Gasteiger partial charge in [-0.2, -0.15) is 0 Å². The molecule has 1 aromatic carbocycles. The van der Waals surface area contributed by atoms with E-state index in [1.807, 2.05) is 22.6 Å². The number of rotatable bonds is 1. The van der Waals surface area contributed by atoms with E-state index in [2.05, 4.69) is 10.4 Å². The third-order valence-corrected chi connectivity index (χ3v) is 2.16. The van der Waals surface area contributed by atoms with Gasteiger partial charge in [0, 0.05) is 3.57 Å². The molecule has 5 N–H and O–H groups in total. The second kappa shape index (κ2) is 4.38. The van der Waals surface area contributed by atoms with Crippen molar-refractivity contribution in [1.29, 1.82) is 0 Å². The summed E-state index contributed by atoms with van der Waals surface area (Å²) < 4.78 is 13.3. The van der Waals surface area contributed by atoms with Gasteiger partial charge in [0.15, 0.2) is 0 Å². The van der Waals surface area contributed by atoms with Gasteiger partial charge in [-0.25, -0.2) is 15.2 Å². The number of nitrogens with zero attached hydrogens (tertiary/aromatic N) is 1. The summed E-state index contributed by atoms with van der Waals surface area (Å²) in [6.45, 7) is 0. The maximum atomic E-state index is 12.6. The molecular weight excluding hydrogens is 286 g/mol. The summed E-state index contributed by atoms with van der Waals surface area (Å²) in [5.41, 5.74) is 8.10. The summed E-state index contributed by atoms with van der Waals surface area (Å²) in [5.74, 6) is 4.80. The highest BCUT2D eigenvalue weighted by atomic mass is 127. The van der Waals surface area contributed by atoms with E-state index in [0.717, 1.165) is 0 Å². The minimum atomic E-state index is -0.303. The van der Waals surface area contributed by atoms with E-state index in [9.17, 15) is 4.39 Å². The van der Waals surface area contributed by atoms with E-state index in [1.165, 1.54) is 18.2 Å². The second-order valence-corrected chi connectivity index (χ2v) is 3.40. The average molecular weight is 294 g/mol. The number of nitrogens with one attached hydrogen (secondary N) is 1. The molecule has 0 fully saturated rings. The Balaban J connectivity index is 3.03. The summed E-state index contributed by atoms with van der Waals surface area (Å²) >= 11 is 1.96. The molecule has 0 spiro atoms. The minimum absolute atomic E-state index is 0.0875. The van der Waals surface area contributed by atoms with Crippen LogP contribution >= 0.6 is 22.6 Å². The fourth-order valence-electron chi connectivity index (χ4n) is 0.734. The van der Waals surface area contributed by atoms with Crippen molar-refractivity contribution in [3.63, 3.8) is 0 Å². The maximum Gasteiger partial charge on any atom is 0.208 e. The van der Waals surface area contributed by atoms with Gasteiger partial charge >= 0.3 is 0 Å². The fourth-order valence-corrected chi connectivity index (χ4v) is 1.33. The lowest BCUT2D eigenvalue weighted by Crippen LogP contribution is -2.36. The van der Waals surface area contributed by atoms with Crippen LogP contribution in [0.3, 0.4) is 0 Å². The molecule has 0 saturated heterocycles. The largest absolute Gasteiger partial charge is 0.369 e. The molecule has 0 aromatic heterocycles. The van der Waals surface area contributed by atoms with Crippen LogP contribution in [0, 0.1) is 9.39 Å². The molecule has 0 aliphatic carbocycles. The third-order valence-electron chi connectivity index (χ3n) is 1.30. The standard InChI is InChI=1S/C7H8FIN4/c8-4-1-2-6(5(9)3-4)12-7(10)13-11/h1-3H,11H2,(H3,10,12,13). The van der Waals surface area contributed by atoms with E-state index in [-0.39, 0.29) is 11.8 Å². The van der Waals surface area contributed by atoms with Crippen molar-refractivity contribution in [2.75, 3.05) is 0 Å². The van der Waals surface area contributed by atoms with Crippen LogP contribution in [0.15, 0.2) is 23.2 Å². The lowest BCUT2D eigenvalue weighted by Gasteiger charge is -2.00. The first-order valence-electron chi connectivity index (χ1n) is 3.39. The number of hydrogen-bond donors (Lipinski definition) is 3. The van der Waals surface area contributed by atoms with Gasteiger partial charge < -0.3 is 5.73 Å². The zero-order valence-corrected chi connectivity index (χ0v) is 8.75. The van der Waals surface area contributed by atoms with E-state index < -0.39 is 0 Å². The molecule has 4 nitrogen and oxygen atoms in total. The van der Waals surface area contributed by atoms with Crippen molar-refractivity contribution in [2.45, 2.75) is 0 Å². The number of nitrogens with two attached hydrogens (primary N) is 2. The summed E-state index contributed by atoms with van der Waals surface area (Å²) in [5, 5.41) is 0. The van der Waals surface area contributed by atoms with Crippen LogP contribution in [0.4, 0.5) is 10.1 Å². The molecule has 0 bridgehead atoms. The number of hydrogen-bond acceptors (Lipinski definition) is 2. The molecule has 1 rings (SSSR count). The van der Waals surface area contributed by atoms with Crippen LogP contribution < -0.4 is 17.0 Å². The molecule has 13 heavy (non-hydrogen) atoms. The molecule has 0 radical (unpaired) electrons. The van der Waals surface area contributed by atoms with E-state index in [0.29, 0.717) is 9.26 Å². The molecule has 6 heteroatoms. The van der Waals surface area contributed by atoms with Gasteiger partial charge in [0.1, 0.15) is 5.82 Å². The van der Waals surface area contributed by atoms with E-state index in [4.69, 9.17) is 11.6 Å². The number of hydrazine groups is 1. The Hall–Kier alpha value is -0.890. The molecule has 0 atom stereocenters. The van der Waals surface area contributed by atoms with Crippen molar-refractivity contribution >= 4 is 34.2 Å². The maximum absolute atomic E-state index is 12.6. The van der Waals surface area contributed by atoms with Gasteiger partial charge in [0.05, 0.1) is 5.69 Å². The Morgan fingerprint density at radius 3 is 2.77 bits per heavy atom. The zero-order valence-electron chi connectivity index (χ0n) is 6.59. The highest BCUT2D eigenvalue weighted by molar-refractivity contribution is 14.1. The third kappa shape index (κ3) is 2.81. The normalized spacial score (nSPS) is 11.5. The van der Waals surface area contributed by atoms with Crippen molar-refractivity contribution in [3.05, 3.63) is 27.6 Å². The zero-order chi connectivity index (χ0) is 9.84. The molecule has 0 saturated carbocycles. The minimum Gasteiger partial charge on any atom is -0.369 e. The molecular formula is C7H8FIN4. The van der Waals surface area contributed by atoms with Crippen LogP contribution in [0.25, 0.3) is 0 Å². The average Bonchev–Trinajstić information content (AvgIpc) is 2.09. The van der Waals surface area contributed by atoms with Crippen LogP contribution in [-0.2, 0) is 0 Å². The lowest BCUT2D eigenvalue weighted by atomic mass is 10.3. The Morgan fingerprint density at radius 1 is 1.54 bits per heavy atom.